The number of carbonyl (C=O) groups is 1. The summed E-state index contributed by atoms with van der Waals surface area (Å²) in [6.07, 6.45) is 1.43. The molecule has 0 aliphatic carbocycles. The second-order valence-corrected chi connectivity index (χ2v) is 6.70. The molecule has 0 radical (unpaired) electrons. The molecule has 8 nitrogen and oxygen atoms in total. The topological polar surface area (TPSA) is 95.7 Å². The van der Waals surface area contributed by atoms with Gasteiger partial charge >= 0.3 is 0 Å². The van der Waals surface area contributed by atoms with Gasteiger partial charge in [0.15, 0.2) is 5.96 Å². The fourth-order valence-electron chi connectivity index (χ4n) is 2.92. The molecule has 152 valence electrons. The van der Waals surface area contributed by atoms with E-state index in [4.69, 9.17) is 16.1 Å². The first kappa shape index (κ1) is 22.4. The van der Waals surface area contributed by atoms with Crippen LogP contribution in [0.5, 0.6) is 0 Å². The zero-order valence-electron chi connectivity index (χ0n) is 15.8. The van der Waals surface area contributed by atoms with E-state index in [0.717, 1.165) is 18.5 Å². The van der Waals surface area contributed by atoms with Crippen LogP contribution in [-0.4, -0.2) is 53.1 Å². The second-order valence-electron chi connectivity index (χ2n) is 6.27. The quantitative estimate of drug-likeness (QED) is 0.359. The third kappa shape index (κ3) is 5.81. The number of hydrogen-bond acceptors (Lipinski definition) is 5. The normalized spacial score (nSPS) is 16.6. The van der Waals surface area contributed by atoms with Gasteiger partial charge in [0.05, 0.1) is 6.54 Å². The highest BCUT2D eigenvalue weighted by Gasteiger charge is 2.25. The number of benzene rings is 1. The molecule has 1 fully saturated rings. The van der Waals surface area contributed by atoms with Gasteiger partial charge in [-0.3, -0.25) is 9.79 Å². The highest BCUT2D eigenvalue weighted by Crippen LogP contribution is 2.18. The van der Waals surface area contributed by atoms with Gasteiger partial charge < -0.3 is 20.1 Å². The van der Waals surface area contributed by atoms with Gasteiger partial charge in [0, 0.05) is 43.2 Å². The molecule has 1 aromatic heterocycles. The lowest BCUT2D eigenvalue weighted by Gasteiger charge is -2.18. The Kier molecular flexibility index (Phi) is 8.49. The average Bonchev–Trinajstić information content (AvgIpc) is 3.34. The van der Waals surface area contributed by atoms with Gasteiger partial charge in [-0.15, -0.1) is 24.0 Å². The third-order valence-electron chi connectivity index (χ3n) is 4.39. The monoisotopic (exact) mass is 518 g/mol. The summed E-state index contributed by atoms with van der Waals surface area (Å²) in [7, 11) is 1.70. The molecule has 3 rings (SSSR count). The van der Waals surface area contributed by atoms with Gasteiger partial charge in [0.1, 0.15) is 0 Å². The number of carbonyl (C=O) groups excluding carboxylic acids is 1. The number of amides is 1. The number of nitrogens with zero attached hydrogens (tertiary/aromatic N) is 4. The van der Waals surface area contributed by atoms with Crippen molar-refractivity contribution in [1.29, 1.82) is 0 Å². The van der Waals surface area contributed by atoms with Gasteiger partial charge in [-0.2, -0.15) is 4.98 Å². The Hall–Kier alpha value is -1.88. The number of hydrogen-bond donors (Lipinski definition) is 2. The minimum Gasteiger partial charge on any atom is -0.352 e. The van der Waals surface area contributed by atoms with Crippen molar-refractivity contribution < 1.29 is 9.32 Å². The molecule has 10 heteroatoms. The Balaban J connectivity index is 0.00000280. The molecule has 1 unspecified atom stereocenters. The largest absolute Gasteiger partial charge is 0.352 e. The van der Waals surface area contributed by atoms with E-state index < -0.39 is 0 Å². The fraction of sp³-hybridized carbons (Fsp3) is 0.444. The summed E-state index contributed by atoms with van der Waals surface area (Å²) in [5.41, 5.74) is 0.837. The molecule has 1 aromatic carbocycles. The maximum Gasteiger partial charge on any atom is 0.246 e. The first-order valence-corrected chi connectivity index (χ1v) is 9.30. The summed E-state index contributed by atoms with van der Waals surface area (Å²) in [5.74, 6) is 1.79. The first-order chi connectivity index (χ1) is 13.1. The Labute approximate surface area is 186 Å². The van der Waals surface area contributed by atoms with Crippen molar-refractivity contribution in [2.24, 2.45) is 4.99 Å². The van der Waals surface area contributed by atoms with Crippen LogP contribution < -0.4 is 10.6 Å². The van der Waals surface area contributed by atoms with E-state index in [1.54, 1.807) is 19.2 Å². The summed E-state index contributed by atoms with van der Waals surface area (Å²) in [6.45, 7) is 3.70. The third-order valence-corrected chi connectivity index (χ3v) is 4.64. The predicted molar refractivity (Wildman–Crippen MR) is 119 cm³/mol. The predicted octanol–water partition coefficient (Wildman–Crippen LogP) is 2.68. The van der Waals surface area contributed by atoms with Crippen LogP contribution in [0.25, 0.3) is 11.4 Å². The highest BCUT2D eigenvalue weighted by atomic mass is 127. The molecule has 1 saturated heterocycles. The number of halogens is 2. The lowest BCUT2D eigenvalue weighted by atomic mass is 10.2. The molecule has 2 N–H and O–H groups in total. The standard InChI is InChI=1S/C18H23ClN6O2.HI/c1-3-16(26)25-9-8-14(11-25)22-18(20-2)21-10-15-23-17(24-27-15)12-4-6-13(19)7-5-12;/h4-7,14H,3,8-11H2,1-2H3,(H2,20,21,22);1H. The van der Waals surface area contributed by atoms with E-state index in [0.29, 0.717) is 42.2 Å². The summed E-state index contributed by atoms with van der Waals surface area (Å²) >= 11 is 5.89. The number of aromatic nitrogens is 2. The minimum absolute atomic E-state index is 0. The van der Waals surface area contributed by atoms with E-state index in [1.165, 1.54) is 0 Å². The SMILES string of the molecule is CCC(=O)N1CCC(NC(=NC)NCc2nc(-c3ccc(Cl)cc3)no2)C1.I. The maximum atomic E-state index is 11.8. The van der Waals surface area contributed by atoms with E-state index in [2.05, 4.69) is 25.8 Å². The lowest BCUT2D eigenvalue weighted by molar-refractivity contribution is -0.129. The van der Waals surface area contributed by atoms with Gasteiger partial charge in [-0.1, -0.05) is 23.7 Å². The molecule has 1 aliphatic rings. The van der Waals surface area contributed by atoms with Crippen LogP contribution in [0, 0.1) is 0 Å². The van der Waals surface area contributed by atoms with Crippen LogP contribution in [0.2, 0.25) is 5.02 Å². The van der Waals surface area contributed by atoms with E-state index in [-0.39, 0.29) is 35.9 Å². The molecule has 28 heavy (non-hydrogen) atoms. The van der Waals surface area contributed by atoms with Gasteiger partial charge in [0.2, 0.25) is 17.6 Å². The molecule has 0 spiro atoms. The van der Waals surface area contributed by atoms with E-state index >= 15 is 0 Å². The number of aliphatic imine (C=N–C) groups is 1. The van der Waals surface area contributed by atoms with Crippen molar-refractivity contribution in [1.82, 2.24) is 25.7 Å². The first-order valence-electron chi connectivity index (χ1n) is 8.92. The molecule has 2 aromatic rings. The summed E-state index contributed by atoms with van der Waals surface area (Å²) < 4.78 is 5.28. The number of likely N-dealkylation sites (tertiary alicyclic amines) is 1. The molecule has 0 bridgehead atoms. The molecule has 1 amide bonds. The summed E-state index contributed by atoms with van der Waals surface area (Å²) in [6, 6.07) is 7.43. The van der Waals surface area contributed by atoms with Crippen molar-refractivity contribution in [3.05, 3.63) is 35.2 Å². The van der Waals surface area contributed by atoms with Gasteiger partial charge in [-0.05, 0) is 30.7 Å². The van der Waals surface area contributed by atoms with Crippen LogP contribution in [0.4, 0.5) is 0 Å². The Morgan fingerprint density at radius 2 is 2.14 bits per heavy atom. The second kappa shape index (κ2) is 10.6. The van der Waals surface area contributed by atoms with Gasteiger partial charge in [-0.25, -0.2) is 0 Å². The fourth-order valence-corrected chi connectivity index (χ4v) is 3.04. The zero-order valence-corrected chi connectivity index (χ0v) is 18.9. The highest BCUT2D eigenvalue weighted by molar-refractivity contribution is 14.0. The Morgan fingerprint density at radius 3 is 2.82 bits per heavy atom. The minimum atomic E-state index is 0. The molecule has 2 heterocycles. The van der Waals surface area contributed by atoms with E-state index in [9.17, 15) is 4.79 Å². The van der Waals surface area contributed by atoms with Crippen LogP contribution in [0.1, 0.15) is 25.7 Å². The van der Waals surface area contributed by atoms with Gasteiger partial charge in [0.25, 0.3) is 0 Å². The van der Waals surface area contributed by atoms with Crippen LogP contribution in [0.15, 0.2) is 33.8 Å². The summed E-state index contributed by atoms with van der Waals surface area (Å²) in [5, 5.41) is 11.1. The van der Waals surface area contributed by atoms with Crippen molar-refractivity contribution in [3.63, 3.8) is 0 Å². The Bertz CT molecular complexity index is 811. The van der Waals surface area contributed by atoms with Crippen molar-refractivity contribution in [2.75, 3.05) is 20.1 Å². The van der Waals surface area contributed by atoms with Crippen molar-refractivity contribution in [3.8, 4) is 11.4 Å². The van der Waals surface area contributed by atoms with Crippen LogP contribution in [-0.2, 0) is 11.3 Å². The number of guanidine groups is 1. The maximum absolute atomic E-state index is 11.8. The molecular formula is C18H24ClIN6O2. The lowest BCUT2D eigenvalue weighted by Crippen LogP contribution is -2.44. The van der Waals surface area contributed by atoms with E-state index in [1.807, 2.05) is 24.0 Å². The van der Waals surface area contributed by atoms with Crippen molar-refractivity contribution >= 4 is 47.4 Å². The van der Waals surface area contributed by atoms with Crippen LogP contribution >= 0.6 is 35.6 Å². The smallest absolute Gasteiger partial charge is 0.246 e. The number of nitrogens with one attached hydrogen (secondary N) is 2. The van der Waals surface area contributed by atoms with Crippen LogP contribution in [0.3, 0.4) is 0 Å². The van der Waals surface area contributed by atoms with Crippen molar-refractivity contribution in [2.45, 2.75) is 32.4 Å². The molecule has 1 aliphatic heterocycles. The molecule has 0 saturated carbocycles. The Morgan fingerprint density at radius 1 is 1.39 bits per heavy atom. The molecular weight excluding hydrogens is 495 g/mol. The molecule has 1 atom stereocenters. The zero-order chi connectivity index (χ0) is 19.2. The summed E-state index contributed by atoms with van der Waals surface area (Å²) in [4.78, 5) is 22.3. The average molecular weight is 519 g/mol. The number of rotatable bonds is 5.